The van der Waals surface area contributed by atoms with Crippen LogP contribution in [0.5, 0.6) is 0 Å². The predicted octanol–water partition coefficient (Wildman–Crippen LogP) is 6.80. The zero-order chi connectivity index (χ0) is 18.4. The molecule has 24 heavy (non-hydrogen) atoms. The summed E-state index contributed by atoms with van der Waals surface area (Å²) in [5.41, 5.74) is 5.47. The lowest BCUT2D eigenvalue weighted by Gasteiger charge is -2.02. The average Bonchev–Trinajstić information content (AvgIpc) is 2.46. The SMILES string of the molecule is CC(C)=CCC/C(C)=C/CC/C(C)=C\CC/C(C)=C/CO[P+](=O)O. The lowest BCUT2D eigenvalue weighted by Crippen LogP contribution is -1.85. The van der Waals surface area contributed by atoms with Gasteiger partial charge in [0.25, 0.3) is 0 Å². The van der Waals surface area contributed by atoms with E-state index in [1.807, 2.05) is 13.0 Å². The summed E-state index contributed by atoms with van der Waals surface area (Å²) in [5, 5.41) is 0. The Morgan fingerprint density at radius 3 is 1.62 bits per heavy atom. The average molecular weight is 353 g/mol. The first-order valence-electron chi connectivity index (χ1n) is 8.70. The molecule has 0 bridgehead atoms. The van der Waals surface area contributed by atoms with Crippen LogP contribution in [0.25, 0.3) is 0 Å². The van der Waals surface area contributed by atoms with Crippen LogP contribution in [0, 0.1) is 0 Å². The lowest BCUT2D eigenvalue weighted by molar-refractivity contribution is 0.312. The van der Waals surface area contributed by atoms with Crippen molar-refractivity contribution in [3.8, 4) is 0 Å². The fourth-order valence-corrected chi connectivity index (χ4v) is 2.43. The number of allylic oxidation sites excluding steroid dienone is 7. The summed E-state index contributed by atoms with van der Waals surface area (Å²) in [6.07, 6.45) is 15.3. The van der Waals surface area contributed by atoms with Gasteiger partial charge in [0.2, 0.25) is 0 Å². The predicted molar refractivity (Wildman–Crippen MR) is 104 cm³/mol. The van der Waals surface area contributed by atoms with Crippen molar-refractivity contribution in [2.24, 2.45) is 0 Å². The van der Waals surface area contributed by atoms with Crippen LogP contribution in [-0.2, 0) is 9.09 Å². The highest BCUT2D eigenvalue weighted by Crippen LogP contribution is 2.16. The Hall–Kier alpha value is -1.02. The van der Waals surface area contributed by atoms with E-state index >= 15 is 0 Å². The Kier molecular flexibility index (Phi) is 13.7. The third kappa shape index (κ3) is 15.9. The maximum atomic E-state index is 10.4. The van der Waals surface area contributed by atoms with Gasteiger partial charge >= 0.3 is 8.25 Å². The molecule has 1 N–H and O–H groups in total. The minimum absolute atomic E-state index is 0.205. The van der Waals surface area contributed by atoms with Gasteiger partial charge in [0.1, 0.15) is 6.61 Å². The Balaban J connectivity index is 3.98. The number of hydrogen-bond donors (Lipinski definition) is 1. The quantitative estimate of drug-likeness (QED) is 0.310. The molecule has 0 aliphatic carbocycles. The Labute approximate surface area is 149 Å². The van der Waals surface area contributed by atoms with Crippen LogP contribution in [0.15, 0.2) is 46.6 Å². The molecule has 0 aromatic carbocycles. The van der Waals surface area contributed by atoms with Crippen molar-refractivity contribution in [1.82, 2.24) is 0 Å². The van der Waals surface area contributed by atoms with E-state index < -0.39 is 8.25 Å². The summed E-state index contributed by atoms with van der Waals surface area (Å²) in [7, 11) is -2.49. The molecule has 0 rings (SSSR count). The molecule has 0 fully saturated rings. The standard InChI is InChI=1S/C20H33O3P/c1-17(2)9-6-10-18(3)11-7-12-19(4)13-8-14-20(5)15-16-23-24(21)22/h9,11,13,15H,6-8,10,12,14,16H2,1-5H3/p+1/b18-11+,19-13-,20-15+. The van der Waals surface area contributed by atoms with Crippen LogP contribution in [-0.4, -0.2) is 11.5 Å². The van der Waals surface area contributed by atoms with E-state index in [0.717, 1.165) is 38.5 Å². The van der Waals surface area contributed by atoms with Gasteiger partial charge in [0, 0.05) is 4.57 Å². The lowest BCUT2D eigenvalue weighted by atomic mass is 10.0. The normalized spacial score (nSPS) is 13.9. The Morgan fingerprint density at radius 1 is 0.792 bits per heavy atom. The van der Waals surface area contributed by atoms with E-state index in [1.165, 1.54) is 22.3 Å². The second-order valence-corrected chi connectivity index (χ2v) is 7.32. The maximum Gasteiger partial charge on any atom is 0.695 e. The first kappa shape index (κ1) is 23.0. The molecule has 1 unspecified atom stereocenters. The van der Waals surface area contributed by atoms with E-state index in [4.69, 9.17) is 4.89 Å². The van der Waals surface area contributed by atoms with Crippen LogP contribution >= 0.6 is 8.25 Å². The summed E-state index contributed by atoms with van der Waals surface area (Å²) in [5.74, 6) is 0. The highest BCUT2D eigenvalue weighted by Gasteiger charge is 2.08. The van der Waals surface area contributed by atoms with Crippen LogP contribution in [0.2, 0.25) is 0 Å². The van der Waals surface area contributed by atoms with E-state index in [-0.39, 0.29) is 6.61 Å². The van der Waals surface area contributed by atoms with Crippen molar-refractivity contribution in [1.29, 1.82) is 0 Å². The molecule has 0 aromatic rings. The Morgan fingerprint density at radius 2 is 1.21 bits per heavy atom. The fraction of sp³-hybridized carbons (Fsp3) is 0.600. The van der Waals surface area contributed by atoms with Crippen molar-refractivity contribution in [2.45, 2.75) is 73.1 Å². The minimum Gasteiger partial charge on any atom is -0.133 e. The molecule has 0 aliphatic heterocycles. The number of hydrogen-bond acceptors (Lipinski definition) is 2. The van der Waals surface area contributed by atoms with Gasteiger partial charge in [-0.3, -0.25) is 0 Å². The van der Waals surface area contributed by atoms with Crippen LogP contribution < -0.4 is 0 Å². The fourth-order valence-electron chi connectivity index (χ4n) is 2.23. The summed E-state index contributed by atoms with van der Waals surface area (Å²) in [6.45, 7) is 10.9. The smallest absolute Gasteiger partial charge is 0.133 e. The summed E-state index contributed by atoms with van der Waals surface area (Å²) in [4.78, 5) is 8.55. The van der Waals surface area contributed by atoms with Gasteiger partial charge in [-0.05, 0) is 73.1 Å². The second-order valence-electron chi connectivity index (χ2n) is 6.58. The third-order valence-corrected chi connectivity index (χ3v) is 4.14. The van der Waals surface area contributed by atoms with Crippen molar-refractivity contribution in [3.05, 3.63) is 46.6 Å². The zero-order valence-electron chi connectivity index (χ0n) is 16.0. The van der Waals surface area contributed by atoms with Crippen LogP contribution in [0.1, 0.15) is 73.1 Å². The summed E-state index contributed by atoms with van der Waals surface area (Å²) >= 11 is 0. The Bertz CT molecular complexity index is 495. The molecule has 0 aromatic heterocycles. The molecule has 0 saturated carbocycles. The van der Waals surface area contributed by atoms with Crippen LogP contribution in [0.3, 0.4) is 0 Å². The minimum atomic E-state index is -2.49. The third-order valence-electron chi connectivity index (χ3n) is 3.77. The van der Waals surface area contributed by atoms with E-state index in [0.29, 0.717) is 0 Å². The summed E-state index contributed by atoms with van der Waals surface area (Å²) in [6, 6.07) is 0. The van der Waals surface area contributed by atoms with E-state index in [9.17, 15) is 4.57 Å². The second kappa shape index (κ2) is 14.3. The van der Waals surface area contributed by atoms with Gasteiger partial charge in [0.15, 0.2) is 0 Å². The highest BCUT2D eigenvalue weighted by molar-refractivity contribution is 7.32. The molecule has 0 amide bonds. The topological polar surface area (TPSA) is 46.5 Å². The van der Waals surface area contributed by atoms with E-state index in [1.54, 1.807) is 0 Å². The monoisotopic (exact) mass is 353 g/mol. The molecule has 0 heterocycles. The van der Waals surface area contributed by atoms with Crippen molar-refractivity contribution >= 4 is 8.25 Å². The summed E-state index contributed by atoms with van der Waals surface area (Å²) < 4.78 is 15.0. The van der Waals surface area contributed by atoms with Crippen molar-refractivity contribution in [2.75, 3.05) is 6.61 Å². The molecule has 0 aliphatic rings. The van der Waals surface area contributed by atoms with Gasteiger partial charge in [-0.25, -0.2) is 0 Å². The van der Waals surface area contributed by atoms with Crippen molar-refractivity contribution < 1.29 is 14.0 Å². The van der Waals surface area contributed by atoms with Gasteiger partial charge in [0.05, 0.1) is 0 Å². The molecule has 136 valence electrons. The maximum absolute atomic E-state index is 10.4. The van der Waals surface area contributed by atoms with E-state index in [2.05, 4.69) is 50.4 Å². The molecule has 0 radical (unpaired) electrons. The highest BCUT2D eigenvalue weighted by atomic mass is 31.1. The molecule has 0 saturated heterocycles. The molecule has 3 nitrogen and oxygen atoms in total. The molecular formula is C20H34O3P+. The molecule has 4 heteroatoms. The van der Waals surface area contributed by atoms with Gasteiger partial charge < -0.3 is 0 Å². The first-order valence-corrected chi connectivity index (χ1v) is 9.83. The molecule has 0 spiro atoms. The van der Waals surface area contributed by atoms with Gasteiger partial charge in [-0.15, -0.1) is 9.42 Å². The van der Waals surface area contributed by atoms with Gasteiger partial charge in [-0.2, -0.15) is 0 Å². The van der Waals surface area contributed by atoms with Crippen LogP contribution in [0.4, 0.5) is 0 Å². The molecule has 1 atom stereocenters. The first-order chi connectivity index (χ1) is 11.3. The zero-order valence-corrected chi connectivity index (χ0v) is 16.9. The number of rotatable bonds is 12. The molecular weight excluding hydrogens is 319 g/mol. The van der Waals surface area contributed by atoms with Gasteiger partial charge in [-0.1, -0.05) is 46.6 Å². The van der Waals surface area contributed by atoms with Crippen molar-refractivity contribution in [3.63, 3.8) is 0 Å². The largest absolute Gasteiger partial charge is 0.695 e.